The minimum atomic E-state index is -0.553. The number of fused-ring (bicyclic) bond motifs is 6. The Balaban J connectivity index is 1.49. The summed E-state index contributed by atoms with van der Waals surface area (Å²) >= 11 is 0. The maximum Gasteiger partial charge on any atom is 0.346 e. The minimum absolute atomic E-state index is 0.359. The van der Waals surface area contributed by atoms with Gasteiger partial charge in [0, 0.05) is 0 Å². The summed E-state index contributed by atoms with van der Waals surface area (Å²) in [5.41, 5.74) is 11.1. The van der Waals surface area contributed by atoms with Gasteiger partial charge in [-0.2, -0.15) is 0 Å². The van der Waals surface area contributed by atoms with Crippen molar-refractivity contribution in [2.75, 3.05) is 0 Å². The van der Waals surface area contributed by atoms with E-state index < -0.39 is 11.9 Å². The van der Waals surface area contributed by atoms with E-state index in [0.717, 1.165) is 36.8 Å². The molecule has 3 heteroatoms. The molecule has 140 valence electrons. The molecule has 0 fully saturated rings. The van der Waals surface area contributed by atoms with E-state index in [4.69, 9.17) is 4.74 Å². The predicted molar refractivity (Wildman–Crippen MR) is 111 cm³/mol. The van der Waals surface area contributed by atoms with Crippen LogP contribution in [0.1, 0.15) is 55.0 Å². The average molecular weight is 378 g/mol. The van der Waals surface area contributed by atoms with Gasteiger partial charge < -0.3 is 4.74 Å². The number of carbonyl (C=O) groups is 2. The van der Waals surface area contributed by atoms with Crippen molar-refractivity contribution in [3.63, 3.8) is 0 Å². The molecule has 0 radical (unpaired) electrons. The normalized spacial score (nSPS) is 16.3. The highest BCUT2D eigenvalue weighted by atomic mass is 16.6. The molecule has 0 unspecified atom stereocenters. The molecule has 0 saturated carbocycles. The number of ether oxygens (including phenoxy) is 1. The molecular weight excluding hydrogens is 360 g/mol. The van der Waals surface area contributed by atoms with E-state index in [1.165, 1.54) is 33.4 Å². The Morgan fingerprint density at radius 2 is 1.41 bits per heavy atom. The van der Waals surface area contributed by atoms with Crippen molar-refractivity contribution in [2.45, 2.75) is 25.7 Å². The van der Waals surface area contributed by atoms with Gasteiger partial charge in [0.05, 0.1) is 11.1 Å². The van der Waals surface area contributed by atoms with Gasteiger partial charge in [0.25, 0.3) is 0 Å². The van der Waals surface area contributed by atoms with Gasteiger partial charge in [-0.3, -0.25) is 0 Å². The summed E-state index contributed by atoms with van der Waals surface area (Å²) < 4.78 is 4.75. The van der Waals surface area contributed by atoms with Gasteiger partial charge in [-0.1, -0.05) is 48.5 Å². The van der Waals surface area contributed by atoms with Crippen LogP contribution in [-0.2, 0) is 24.0 Å². The predicted octanol–water partition coefficient (Wildman–Crippen LogP) is 5.14. The number of hydrogen-bond donors (Lipinski definition) is 0. The van der Waals surface area contributed by atoms with E-state index in [-0.39, 0.29) is 0 Å². The lowest BCUT2D eigenvalue weighted by Crippen LogP contribution is -2.11. The molecule has 3 aromatic carbocycles. The second-order valence-corrected chi connectivity index (χ2v) is 7.87. The smallest absolute Gasteiger partial charge is 0.346 e. The Kier molecular flexibility index (Phi) is 3.42. The zero-order chi connectivity index (χ0) is 19.5. The van der Waals surface area contributed by atoms with Gasteiger partial charge in [0.2, 0.25) is 0 Å². The molecule has 0 aromatic heterocycles. The van der Waals surface area contributed by atoms with Gasteiger partial charge in [-0.05, 0) is 82.3 Å². The van der Waals surface area contributed by atoms with Crippen molar-refractivity contribution < 1.29 is 14.3 Å². The Bertz CT molecular complexity index is 1260. The third kappa shape index (κ3) is 2.37. The van der Waals surface area contributed by atoms with Crippen LogP contribution in [0.2, 0.25) is 0 Å². The highest BCUT2D eigenvalue weighted by Gasteiger charge is 2.31. The number of allylic oxidation sites excluding steroid dienone is 1. The first-order chi connectivity index (χ1) is 14.2. The number of esters is 2. The molecule has 0 spiro atoms. The largest absolute Gasteiger partial charge is 0.386 e. The third-order valence-electron chi connectivity index (χ3n) is 6.37. The Hall–Kier alpha value is -3.46. The zero-order valence-corrected chi connectivity index (χ0v) is 15.8. The monoisotopic (exact) mass is 378 g/mol. The maximum absolute atomic E-state index is 12.0. The van der Waals surface area contributed by atoms with Crippen LogP contribution in [-0.4, -0.2) is 11.9 Å². The highest BCUT2D eigenvalue weighted by molar-refractivity contribution is 6.15. The summed E-state index contributed by atoms with van der Waals surface area (Å²) in [6.45, 7) is 0. The number of cyclic esters (lactones) is 2. The van der Waals surface area contributed by atoms with Crippen molar-refractivity contribution in [1.29, 1.82) is 0 Å². The average Bonchev–Trinajstić information content (AvgIpc) is 3.05. The molecule has 3 aliphatic rings. The standard InChI is InChI=1S/C26H18O3/c27-25-23-11-9-16(14-24(23)26(28)29-25)18-6-3-7-19-21(18)13-12-20-17-5-2-1-4-15(17)8-10-22(19)20/h1-2,4-6,9,11-14H,3,7-8,10H2. The summed E-state index contributed by atoms with van der Waals surface area (Å²) in [6, 6.07) is 18.6. The van der Waals surface area contributed by atoms with Crippen LogP contribution >= 0.6 is 0 Å². The van der Waals surface area contributed by atoms with Crippen LogP contribution in [0.15, 0.2) is 60.7 Å². The van der Waals surface area contributed by atoms with Crippen LogP contribution in [0.4, 0.5) is 0 Å². The molecule has 0 N–H and O–H groups in total. The lowest BCUT2D eigenvalue weighted by Gasteiger charge is -2.27. The molecule has 0 atom stereocenters. The lowest BCUT2D eigenvalue weighted by molar-refractivity contribution is 0.0444. The molecule has 29 heavy (non-hydrogen) atoms. The first-order valence-electron chi connectivity index (χ1n) is 10.1. The van der Waals surface area contributed by atoms with E-state index in [9.17, 15) is 9.59 Å². The first kappa shape index (κ1) is 16.5. The highest BCUT2D eigenvalue weighted by Crippen LogP contribution is 2.41. The molecule has 1 aliphatic heterocycles. The second kappa shape index (κ2) is 6.02. The summed E-state index contributed by atoms with van der Waals surface area (Å²) in [4.78, 5) is 23.8. The SMILES string of the molecule is O=C1OC(=O)c2cc(C3=CCCc4c3ccc3c4CCc4ccccc4-3)ccc21. The molecule has 2 aliphatic carbocycles. The summed E-state index contributed by atoms with van der Waals surface area (Å²) in [5, 5.41) is 0. The number of aryl methyl sites for hydroxylation is 1. The lowest BCUT2D eigenvalue weighted by atomic mass is 9.77. The van der Waals surface area contributed by atoms with E-state index in [1.807, 2.05) is 6.07 Å². The summed E-state index contributed by atoms with van der Waals surface area (Å²) in [7, 11) is 0. The van der Waals surface area contributed by atoms with Crippen molar-refractivity contribution in [3.05, 3.63) is 99.6 Å². The van der Waals surface area contributed by atoms with Gasteiger partial charge in [-0.25, -0.2) is 9.59 Å². The molecule has 0 bridgehead atoms. The van der Waals surface area contributed by atoms with Crippen LogP contribution < -0.4 is 0 Å². The van der Waals surface area contributed by atoms with E-state index in [2.05, 4.69) is 42.5 Å². The van der Waals surface area contributed by atoms with E-state index in [1.54, 1.807) is 12.1 Å². The molecule has 3 nitrogen and oxygen atoms in total. The van der Waals surface area contributed by atoms with E-state index >= 15 is 0 Å². The molecule has 6 rings (SSSR count). The molecule has 1 heterocycles. The Morgan fingerprint density at radius 3 is 2.34 bits per heavy atom. The molecule has 0 saturated heterocycles. The first-order valence-corrected chi connectivity index (χ1v) is 10.1. The zero-order valence-electron chi connectivity index (χ0n) is 15.8. The number of hydrogen-bond acceptors (Lipinski definition) is 3. The third-order valence-corrected chi connectivity index (χ3v) is 6.37. The van der Waals surface area contributed by atoms with Crippen molar-refractivity contribution in [1.82, 2.24) is 0 Å². The van der Waals surface area contributed by atoms with Gasteiger partial charge in [0.15, 0.2) is 0 Å². The molecule has 0 amide bonds. The van der Waals surface area contributed by atoms with Crippen LogP contribution in [0.5, 0.6) is 0 Å². The summed E-state index contributed by atoms with van der Waals surface area (Å²) in [6.07, 6.45) is 6.39. The second-order valence-electron chi connectivity index (χ2n) is 7.87. The van der Waals surface area contributed by atoms with Crippen molar-refractivity contribution in [2.24, 2.45) is 0 Å². The number of rotatable bonds is 1. The van der Waals surface area contributed by atoms with E-state index in [0.29, 0.717) is 11.1 Å². The fraction of sp³-hybridized carbons (Fsp3) is 0.154. The maximum atomic E-state index is 12.0. The quantitative estimate of drug-likeness (QED) is 0.435. The Morgan fingerprint density at radius 1 is 0.655 bits per heavy atom. The van der Waals surface area contributed by atoms with Crippen LogP contribution in [0, 0.1) is 0 Å². The molecular formula is C26H18O3. The Labute approximate surface area is 168 Å². The number of carbonyl (C=O) groups excluding carboxylic acids is 2. The number of benzene rings is 3. The van der Waals surface area contributed by atoms with Crippen LogP contribution in [0.3, 0.4) is 0 Å². The molecule has 3 aromatic rings. The van der Waals surface area contributed by atoms with Gasteiger partial charge >= 0.3 is 11.9 Å². The van der Waals surface area contributed by atoms with Gasteiger partial charge in [-0.15, -0.1) is 0 Å². The van der Waals surface area contributed by atoms with Gasteiger partial charge in [0.1, 0.15) is 0 Å². The fourth-order valence-electron chi connectivity index (χ4n) is 5.03. The fourth-order valence-corrected chi connectivity index (χ4v) is 5.03. The summed E-state index contributed by atoms with van der Waals surface area (Å²) in [5.74, 6) is -1.10. The topological polar surface area (TPSA) is 43.4 Å². The van der Waals surface area contributed by atoms with Crippen molar-refractivity contribution >= 4 is 17.5 Å². The van der Waals surface area contributed by atoms with Crippen LogP contribution in [0.25, 0.3) is 16.7 Å². The van der Waals surface area contributed by atoms with Crippen molar-refractivity contribution in [3.8, 4) is 11.1 Å². The minimum Gasteiger partial charge on any atom is -0.386 e.